The molecule has 0 N–H and O–H groups in total. The molecular formula is C11H18N2O2. The average molecular weight is 210 g/mol. The van der Waals surface area contributed by atoms with Crippen molar-refractivity contribution in [1.82, 2.24) is 10.0 Å². The third-order valence-corrected chi connectivity index (χ3v) is 3.35. The van der Waals surface area contributed by atoms with Gasteiger partial charge in [0.25, 0.3) is 0 Å². The van der Waals surface area contributed by atoms with Crippen LogP contribution in [-0.2, 0) is 9.59 Å². The molecule has 2 fully saturated rings. The quantitative estimate of drug-likeness (QED) is 0.652. The molecule has 2 rings (SSSR count). The largest absolute Gasteiger partial charge is 0.302 e. The number of aldehydes is 1. The Morgan fingerprint density at radius 1 is 1.27 bits per heavy atom. The van der Waals surface area contributed by atoms with Gasteiger partial charge in [-0.25, -0.2) is 5.01 Å². The normalized spacial score (nSPS) is 24.8. The van der Waals surface area contributed by atoms with E-state index in [9.17, 15) is 9.59 Å². The smallest absolute Gasteiger partial charge is 0.238 e. The monoisotopic (exact) mass is 210 g/mol. The van der Waals surface area contributed by atoms with Crippen molar-refractivity contribution < 1.29 is 9.59 Å². The predicted molar refractivity (Wildman–Crippen MR) is 56.0 cm³/mol. The summed E-state index contributed by atoms with van der Waals surface area (Å²) in [5, 5.41) is 3.76. The summed E-state index contributed by atoms with van der Waals surface area (Å²) >= 11 is 0. The first-order chi connectivity index (χ1) is 7.33. The van der Waals surface area contributed by atoms with Gasteiger partial charge in [0, 0.05) is 19.0 Å². The highest BCUT2D eigenvalue weighted by atomic mass is 16.2. The van der Waals surface area contributed by atoms with Crippen molar-refractivity contribution in [3.05, 3.63) is 0 Å². The molecule has 1 saturated heterocycles. The number of carbonyl (C=O) groups is 2. The van der Waals surface area contributed by atoms with E-state index in [0.717, 1.165) is 19.1 Å². The molecule has 0 bridgehead atoms. The first kappa shape index (κ1) is 10.6. The van der Waals surface area contributed by atoms with Gasteiger partial charge in [0.05, 0.1) is 6.54 Å². The van der Waals surface area contributed by atoms with Crippen LogP contribution in [0.1, 0.15) is 38.5 Å². The van der Waals surface area contributed by atoms with Crippen molar-refractivity contribution in [1.29, 1.82) is 0 Å². The Labute approximate surface area is 90.2 Å². The van der Waals surface area contributed by atoms with Gasteiger partial charge in [0.1, 0.15) is 6.29 Å². The van der Waals surface area contributed by atoms with Crippen molar-refractivity contribution >= 4 is 12.2 Å². The van der Waals surface area contributed by atoms with Gasteiger partial charge in [-0.1, -0.05) is 19.3 Å². The molecule has 2 aliphatic rings. The van der Waals surface area contributed by atoms with Gasteiger partial charge in [-0.15, -0.1) is 0 Å². The summed E-state index contributed by atoms with van der Waals surface area (Å²) in [6, 6.07) is 0.355. The number of rotatable bonds is 3. The minimum absolute atomic E-state index is 0.198. The minimum Gasteiger partial charge on any atom is -0.302 e. The molecule has 15 heavy (non-hydrogen) atoms. The van der Waals surface area contributed by atoms with E-state index in [1.807, 2.05) is 10.0 Å². The maximum Gasteiger partial charge on any atom is 0.238 e. The van der Waals surface area contributed by atoms with Crippen LogP contribution in [0, 0.1) is 0 Å². The Morgan fingerprint density at radius 2 is 2.00 bits per heavy atom. The number of amides is 1. The van der Waals surface area contributed by atoms with Crippen LogP contribution in [0.15, 0.2) is 0 Å². The van der Waals surface area contributed by atoms with Gasteiger partial charge >= 0.3 is 0 Å². The van der Waals surface area contributed by atoms with E-state index in [4.69, 9.17) is 0 Å². The Bertz CT molecular complexity index is 249. The molecule has 0 aromatic carbocycles. The van der Waals surface area contributed by atoms with Crippen molar-refractivity contribution in [2.75, 3.05) is 13.1 Å². The van der Waals surface area contributed by atoms with Crippen LogP contribution < -0.4 is 0 Å². The van der Waals surface area contributed by atoms with Gasteiger partial charge in [-0.3, -0.25) is 9.80 Å². The number of nitrogens with zero attached hydrogens (tertiary/aromatic N) is 2. The van der Waals surface area contributed by atoms with Crippen LogP contribution in [-0.4, -0.2) is 41.3 Å². The van der Waals surface area contributed by atoms with Gasteiger partial charge in [-0.2, -0.15) is 0 Å². The summed E-state index contributed by atoms with van der Waals surface area (Å²) in [6.45, 7) is 1.08. The molecule has 0 atom stereocenters. The van der Waals surface area contributed by atoms with E-state index in [0.29, 0.717) is 25.6 Å². The Balaban J connectivity index is 2.02. The lowest BCUT2D eigenvalue weighted by atomic mass is 9.95. The molecule has 1 heterocycles. The second kappa shape index (κ2) is 4.75. The summed E-state index contributed by atoms with van der Waals surface area (Å²) in [5.74, 6) is 0.198. The number of hydrogen-bond acceptors (Lipinski definition) is 3. The zero-order chi connectivity index (χ0) is 10.7. The number of hydrogen-bond donors (Lipinski definition) is 0. The molecule has 1 saturated carbocycles. The third kappa shape index (κ3) is 2.20. The van der Waals surface area contributed by atoms with E-state index >= 15 is 0 Å². The van der Waals surface area contributed by atoms with E-state index in [2.05, 4.69) is 0 Å². The number of hydrazine groups is 1. The maximum atomic E-state index is 11.7. The van der Waals surface area contributed by atoms with Crippen LogP contribution in [0.2, 0.25) is 0 Å². The molecule has 0 radical (unpaired) electrons. The lowest BCUT2D eigenvalue weighted by Crippen LogP contribution is -2.47. The zero-order valence-electron chi connectivity index (χ0n) is 9.02. The zero-order valence-corrected chi connectivity index (χ0v) is 9.02. The van der Waals surface area contributed by atoms with Crippen LogP contribution in [0.5, 0.6) is 0 Å². The highest BCUT2D eigenvalue weighted by Gasteiger charge is 2.34. The van der Waals surface area contributed by atoms with Crippen molar-refractivity contribution in [2.45, 2.75) is 44.6 Å². The van der Waals surface area contributed by atoms with Crippen molar-refractivity contribution in [3.63, 3.8) is 0 Å². The Morgan fingerprint density at radius 3 is 2.67 bits per heavy atom. The fraction of sp³-hybridized carbons (Fsp3) is 0.818. The first-order valence-electron chi connectivity index (χ1n) is 5.83. The van der Waals surface area contributed by atoms with Gasteiger partial charge in [0.15, 0.2) is 0 Å². The van der Waals surface area contributed by atoms with Gasteiger partial charge in [-0.05, 0) is 12.8 Å². The second-order valence-corrected chi connectivity index (χ2v) is 4.36. The lowest BCUT2D eigenvalue weighted by Gasteiger charge is -2.36. The summed E-state index contributed by atoms with van der Waals surface area (Å²) < 4.78 is 0. The van der Waals surface area contributed by atoms with E-state index in [-0.39, 0.29) is 5.91 Å². The number of carbonyl (C=O) groups excluding carboxylic acids is 2. The highest BCUT2D eigenvalue weighted by molar-refractivity contribution is 5.78. The second-order valence-electron chi connectivity index (χ2n) is 4.36. The van der Waals surface area contributed by atoms with Crippen LogP contribution in [0.25, 0.3) is 0 Å². The summed E-state index contributed by atoms with van der Waals surface area (Å²) in [4.78, 5) is 22.2. The fourth-order valence-corrected chi connectivity index (χ4v) is 2.63. The minimum atomic E-state index is 0.198. The molecule has 0 aromatic rings. The van der Waals surface area contributed by atoms with Crippen molar-refractivity contribution in [2.24, 2.45) is 0 Å². The van der Waals surface area contributed by atoms with E-state index in [1.54, 1.807) is 0 Å². The lowest BCUT2D eigenvalue weighted by molar-refractivity contribution is -0.144. The summed E-state index contributed by atoms with van der Waals surface area (Å²) in [6.07, 6.45) is 7.36. The molecular weight excluding hydrogens is 192 g/mol. The molecule has 1 aliphatic carbocycles. The maximum absolute atomic E-state index is 11.7. The molecule has 84 valence electrons. The topological polar surface area (TPSA) is 40.6 Å². The summed E-state index contributed by atoms with van der Waals surface area (Å²) in [5.41, 5.74) is 0. The van der Waals surface area contributed by atoms with Crippen LogP contribution >= 0.6 is 0 Å². The molecule has 4 heteroatoms. The fourth-order valence-electron chi connectivity index (χ4n) is 2.63. The van der Waals surface area contributed by atoms with Crippen LogP contribution in [0.3, 0.4) is 0 Å². The van der Waals surface area contributed by atoms with Crippen LogP contribution in [0.4, 0.5) is 0 Å². The summed E-state index contributed by atoms with van der Waals surface area (Å²) in [7, 11) is 0. The first-order valence-corrected chi connectivity index (χ1v) is 5.83. The molecule has 1 amide bonds. The molecule has 0 unspecified atom stereocenters. The highest BCUT2D eigenvalue weighted by Crippen LogP contribution is 2.26. The third-order valence-electron chi connectivity index (χ3n) is 3.35. The predicted octanol–water partition coefficient (Wildman–Crippen LogP) is 0.967. The SMILES string of the molecule is O=CCN1CCC(=O)N1C1CCCCC1. The van der Waals surface area contributed by atoms with Crippen molar-refractivity contribution in [3.8, 4) is 0 Å². The molecule has 4 nitrogen and oxygen atoms in total. The molecule has 0 aromatic heterocycles. The molecule has 1 aliphatic heterocycles. The Hall–Kier alpha value is -0.900. The standard InChI is InChI=1S/C11H18N2O2/c14-9-8-12-7-6-11(15)13(12)10-4-2-1-3-5-10/h9-10H,1-8H2. The van der Waals surface area contributed by atoms with E-state index < -0.39 is 0 Å². The van der Waals surface area contributed by atoms with Gasteiger partial charge < -0.3 is 4.79 Å². The van der Waals surface area contributed by atoms with E-state index in [1.165, 1.54) is 19.3 Å². The van der Waals surface area contributed by atoms with Gasteiger partial charge in [0.2, 0.25) is 5.91 Å². The molecule has 0 spiro atoms. The average Bonchev–Trinajstić information content (AvgIpc) is 2.62. The Kier molecular flexibility index (Phi) is 3.36.